The molecule has 7 heteroatoms. The number of likely N-dealkylation sites (tertiary alicyclic amines) is 1. The van der Waals surface area contributed by atoms with E-state index in [1.807, 2.05) is 18.7 Å². The topological polar surface area (TPSA) is 59.2 Å². The van der Waals surface area contributed by atoms with E-state index in [1.54, 1.807) is 0 Å². The third kappa shape index (κ3) is 3.55. The molecule has 98 valence electrons. The molecule has 0 aliphatic carbocycles. The molecular formula is C10H17Cl2N3OS. The van der Waals surface area contributed by atoms with Gasteiger partial charge in [-0.2, -0.15) is 0 Å². The standard InChI is InChI=1S/C10H15N3OS.2ClH/c1-6-9(15-7(2)12-6)10(14)13-4-3-8(11)5-13;;/h8H,3-5,11H2,1-2H3;2*1H. The van der Waals surface area contributed by atoms with Crippen molar-refractivity contribution in [2.24, 2.45) is 5.73 Å². The van der Waals surface area contributed by atoms with E-state index in [4.69, 9.17) is 5.73 Å². The largest absolute Gasteiger partial charge is 0.336 e. The molecule has 2 rings (SSSR count). The molecule has 1 fully saturated rings. The summed E-state index contributed by atoms with van der Waals surface area (Å²) < 4.78 is 0. The van der Waals surface area contributed by atoms with Crippen molar-refractivity contribution in [3.63, 3.8) is 0 Å². The van der Waals surface area contributed by atoms with Crippen LogP contribution in [0.25, 0.3) is 0 Å². The maximum Gasteiger partial charge on any atom is 0.265 e. The van der Waals surface area contributed by atoms with Crippen LogP contribution in [0.15, 0.2) is 0 Å². The van der Waals surface area contributed by atoms with Crippen molar-refractivity contribution < 1.29 is 4.79 Å². The molecular weight excluding hydrogens is 281 g/mol. The summed E-state index contributed by atoms with van der Waals surface area (Å²) in [5.74, 6) is 0.0889. The van der Waals surface area contributed by atoms with Crippen molar-refractivity contribution in [3.05, 3.63) is 15.6 Å². The maximum atomic E-state index is 12.1. The summed E-state index contributed by atoms with van der Waals surface area (Å²) in [4.78, 5) is 18.9. The first-order chi connectivity index (χ1) is 7.08. The number of rotatable bonds is 1. The van der Waals surface area contributed by atoms with E-state index in [1.165, 1.54) is 11.3 Å². The van der Waals surface area contributed by atoms with Gasteiger partial charge in [-0.1, -0.05) is 0 Å². The maximum absolute atomic E-state index is 12.1. The molecule has 1 aliphatic heterocycles. The number of amides is 1. The summed E-state index contributed by atoms with van der Waals surface area (Å²) in [5, 5.41) is 0.944. The van der Waals surface area contributed by atoms with Crippen molar-refractivity contribution >= 4 is 42.1 Å². The zero-order chi connectivity index (χ0) is 11.0. The number of nitrogens with zero attached hydrogens (tertiary/aromatic N) is 2. The van der Waals surface area contributed by atoms with Crippen molar-refractivity contribution in [1.29, 1.82) is 0 Å². The first-order valence-electron chi connectivity index (χ1n) is 5.07. The van der Waals surface area contributed by atoms with Gasteiger partial charge in [-0.15, -0.1) is 36.2 Å². The van der Waals surface area contributed by atoms with Gasteiger partial charge < -0.3 is 10.6 Å². The Morgan fingerprint density at radius 3 is 2.53 bits per heavy atom. The van der Waals surface area contributed by atoms with E-state index in [0.717, 1.165) is 28.5 Å². The highest BCUT2D eigenvalue weighted by atomic mass is 35.5. The summed E-state index contributed by atoms with van der Waals surface area (Å²) in [6, 6.07) is 0.142. The second kappa shape index (κ2) is 6.54. The van der Waals surface area contributed by atoms with Crippen LogP contribution in [-0.2, 0) is 0 Å². The molecule has 1 atom stereocenters. The third-order valence-electron chi connectivity index (χ3n) is 2.61. The number of thiazole rings is 1. The molecule has 1 aromatic rings. The molecule has 0 spiro atoms. The molecule has 0 radical (unpaired) electrons. The number of hydrogen-bond acceptors (Lipinski definition) is 4. The predicted octanol–water partition coefficient (Wildman–Crippen LogP) is 1.78. The minimum absolute atomic E-state index is 0. The highest BCUT2D eigenvalue weighted by Gasteiger charge is 2.26. The van der Waals surface area contributed by atoms with E-state index in [0.29, 0.717) is 6.54 Å². The number of hydrogen-bond donors (Lipinski definition) is 1. The minimum atomic E-state index is 0. The Morgan fingerprint density at radius 2 is 2.12 bits per heavy atom. The lowest BCUT2D eigenvalue weighted by atomic mass is 10.3. The predicted molar refractivity (Wildman–Crippen MR) is 74.6 cm³/mol. The van der Waals surface area contributed by atoms with Gasteiger partial charge in [0.2, 0.25) is 0 Å². The van der Waals surface area contributed by atoms with E-state index in [2.05, 4.69) is 4.98 Å². The lowest BCUT2D eigenvalue weighted by Gasteiger charge is -2.14. The molecule has 2 N–H and O–H groups in total. The summed E-state index contributed by atoms with van der Waals surface area (Å²) in [6.45, 7) is 5.25. The highest BCUT2D eigenvalue weighted by Crippen LogP contribution is 2.21. The Balaban J connectivity index is 0.00000128. The normalized spacial score (nSPS) is 18.5. The van der Waals surface area contributed by atoms with Gasteiger partial charge in [0.25, 0.3) is 5.91 Å². The van der Waals surface area contributed by atoms with Crippen molar-refractivity contribution in [2.75, 3.05) is 13.1 Å². The molecule has 17 heavy (non-hydrogen) atoms. The molecule has 1 saturated heterocycles. The molecule has 0 aromatic carbocycles. The fourth-order valence-corrected chi connectivity index (χ4v) is 2.73. The fraction of sp³-hybridized carbons (Fsp3) is 0.600. The number of carbonyl (C=O) groups excluding carboxylic acids is 1. The summed E-state index contributed by atoms with van der Waals surface area (Å²) in [6.07, 6.45) is 0.905. The monoisotopic (exact) mass is 297 g/mol. The number of aryl methyl sites for hydroxylation is 2. The highest BCUT2D eigenvalue weighted by molar-refractivity contribution is 7.13. The van der Waals surface area contributed by atoms with Crippen LogP contribution in [0, 0.1) is 13.8 Å². The van der Waals surface area contributed by atoms with Gasteiger partial charge in [0.15, 0.2) is 0 Å². The van der Waals surface area contributed by atoms with Gasteiger partial charge >= 0.3 is 0 Å². The quantitative estimate of drug-likeness (QED) is 0.859. The van der Waals surface area contributed by atoms with E-state index in [-0.39, 0.29) is 36.8 Å². The van der Waals surface area contributed by atoms with Gasteiger partial charge in [-0.3, -0.25) is 4.79 Å². The van der Waals surface area contributed by atoms with Gasteiger partial charge in [0, 0.05) is 19.1 Å². The fourth-order valence-electron chi connectivity index (χ4n) is 1.85. The Morgan fingerprint density at radius 1 is 1.47 bits per heavy atom. The van der Waals surface area contributed by atoms with Crippen molar-refractivity contribution in [1.82, 2.24) is 9.88 Å². The zero-order valence-electron chi connectivity index (χ0n) is 9.80. The number of nitrogens with two attached hydrogens (primary N) is 1. The van der Waals surface area contributed by atoms with Crippen LogP contribution < -0.4 is 5.73 Å². The second-order valence-electron chi connectivity index (χ2n) is 3.95. The third-order valence-corrected chi connectivity index (χ3v) is 3.67. The molecule has 2 heterocycles. The van der Waals surface area contributed by atoms with E-state index in [9.17, 15) is 4.79 Å². The Labute approximate surface area is 117 Å². The molecule has 1 amide bonds. The van der Waals surface area contributed by atoms with Crippen LogP contribution >= 0.6 is 36.2 Å². The van der Waals surface area contributed by atoms with Crippen molar-refractivity contribution in [2.45, 2.75) is 26.3 Å². The number of carbonyl (C=O) groups is 1. The summed E-state index contributed by atoms with van der Waals surface area (Å²) >= 11 is 1.47. The first kappa shape index (κ1) is 16.6. The zero-order valence-corrected chi connectivity index (χ0v) is 12.3. The van der Waals surface area contributed by atoms with Crippen LogP contribution in [0.2, 0.25) is 0 Å². The van der Waals surface area contributed by atoms with Crippen molar-refractivity contribution in [3.8, 4) is 0 Å². The lowest BCUT2D eigenvalue weighted by molar-refractivity contribution is 0.0794. The Hall–Kier alpha value is -0.360. The van der Waals surface area contributed by atoms with Crippen LogP contribution in [0.3, 0.4) is 0 Å². The number of aromatic nitrogens is 1. The lowest BCUT2D eigenvalue weighted by Crippen LogP contribution is -2.31. The van der Waals surface area contributed by atoms with Crippen LogP contribution in [0.1, 0.15) is 26.8 Å². The SMILES string of the molecule is Cc1nc(C)c(C(=O)N2CCC(N)C2)s1.Cl.Cl. The molecule has 0 saturated carbocycles. The molecule has 4 nitrogen and oxygen atoms in total. The minimum Gasteiger partial charge on any atom is -0.336 e. The van der Waals surface area contributed by atoms with Gasteiger partial charge in [0.05, 0.1) is 10.7 Å². The second-order valence-corrected chi connectivity index (χ2v) is 5.15. The van der Waals surface area contributed by atoms with Gasteiger partial charge in [-0.25, -0.2) is 4.98 Å². The van der Waals surface area contributed by atoms with Gasteiger partial charge in [0.1, 0.15) is 4.88 Å². The summed E-state index contributed by atoms with van der Waals surface area (Å²) in [7, 11) is 0. The average Bonchev–Trinajstić information content (AvgIpc) is 2.71. The molecule has 1 unspecified atom stereocenters. The van der Waals surface area contributed by atoms with Crippen LogP contribution in [0.5, 0.6) is 0 Å². The van der Waals surface area contributed by atoms with E-state index >= 15 is 0 Å². The molecule has 1 aliphatic rings. The summed E-state index contributed by atoms with van der Waals surface area (Å²) in [5.41, 5.74) is 6.61. The first-order valence-corrected chi connectivity index (χ1v) is 5.88. The van der Waals surface area contributed by atoms with Crippen LogP contribution in [0.4, 0.5) is 0 Å². The Bertz CT molecular complexity index is 397. The van der Waals surface area contributed by atoms with Crippen LogP contribution in [-0.4, -0.2) is 34.9 Å². The van der Waals surface area contributed by atoms with E-state index < -0.39 is 0 Å². The molecule has 1 aromatic heterocycles. The smallest absolute Gasteiger partial charge is 0.265 e. The van der Waals surface area contributed by atoms with Gasteiger partial charge in [-0.05, 0) is 20.3 Å². The average molecular weight is 298 g/mol. The molecule has 0 bridgehead atoms. The Kier molecular flexibility index (Phi) is 6.40. The number of halogens is 2.